The van der Waals surface area contributed by atoms with Gasteiger partial charge in [-0.05, 0) is 43.3 Å². The van der Waals surface area contributed by atoms with Gasteiger partial charge in [0.05, 0.1) is 35.8 Å². The van der Waals surface area contributed by atoms with Crippen LogP contribution in [0.2, 0.25) is 0 Å². The van der Waals surface area contributed by atoms with Crippen molar-refractivity contribution in [3.05, 3.63) is 71.8 Å². The van der Waals surface area contributed by atoms with Crippen molar-refractivity contribution in [2.24, 2.45) is 0 Å². The topological polar surface area (TPSA) is 80.5 Å². The number of carboxylic acids is 1. The van der Waals surface area contributed by atoms with Gasteiger partial charge in [0.1, 0.15) is 5.82 Å². The molecule has 5 rings (SSSR count). The van der Waals surface area contributed by atoms with E-state index in [1.165, 1.54) is 18.2 Å². The number of aryl methyl sites for hydroxylation is 1. The van der Waals surface area contributed by atoms with Gasteiger partial charge in [-0.15, -0.1) is 0 Å². The summed E-state index contributed by atoms with van der Waals surface area (Å²) in [5, 5.41) is 15.0. The van der Waals surface area contributed by atoms with Crippen molar-refractivity contribution in [3.63, 3.8) is 0 Å². The first kappa shape index (κ1) is 20.1. The molecule has 1 aliphatic heterocycles. The Balaban J connectivity index is 1.66. The van der Waals surface area contributed by atoms with Crippen LogP contribution < -0.4 is 4.90 Å². The number of pyridine rings is 1. The number of anilines is 1. The van der Waals surface area contributed by atoms with E-state index in [9.17, 15) is 14.3 Å². The van der Waals surface area contributed by atoms with Gasteiger partial charge >= 0.3 is 5.97 Å². The van der Waals surface area contributed by atoms with Crippen LogP contribution in [0, 0.1) is 12.7 Å². The van der Waals surface area contributed by atoms with Crippen LogP contribution in [0.4, 0.5) is 10.1 Å². The molecule has 1 saturated heterocycles. The molecule has 32 heavy (non-hydrogen) atoms. The summed E-state index contributed by atoms with van der Waals surface area (Å²) in [6, 6.07) is 15.4. The number of fused-ring (bicyclic) bond motifs is 1. The number of carboxylic acid groups (broad SMARTS) is 1. The quantitative estimate of drug-likeness (QED) is 0.524. The van der Waals surface area contributed by atoms with Gasteiger partial charge in [-0.25, -0.2) is 18.9 Å². The predicted octanol–water partition coefficient (Wildman–Crippen LogP) is 4.07. The molecular weight excluding hydrogens is 411 g/mol. The Morgan fingerprint density at radius 3 is 2.50 bits per heavy atom. The second-order valence-corrected chi connectivity index (χ2v) is 7.68. The Hall–Kier alpha value is -3.78. The molecule has 0 spiro atoms. The van der Waals surface area contributed by atoms with Gasteiger partial charge in [0.2, 0.25) is 0 Å². The fourth-order valence-electron chi connectivity index (χ4n) is 4.08. The van der Waals surface area contributed by atoms with Crippen LogP contribution in [-0.2, 0) is 4.74 Å². The molecule has 0 atom stereocenters. The van der Waals surface area contributed by atoms with Crippen molar-refractivity contribution in [2.75, 3.05) is 31.2 Å². The smallest absolute Gasteiger partial charge is 0.354 e. The first-order valence-electron chi connectivity index (χ1n) is 10.3. The Bertz CT molecular complexity index is 1310. The minimum absolute atomic E-state index is 0.0951. The summed E-state index contributed by atoms with van der Waals surface area (Å²) in [5.74, 6) is -1.53. The highest BCUT2D eigenvalue weighted by Crippen LogP contribution is 2.33. The standard InChI is InChI=1S/C24H21FN4O3/c1-15-22-21(29(27-15)19-4-2-3-17(25)13-19)14-20(24(30)31)26-23(22)16-5-7-18(8-6-16)28-9-11-32-12-10-28/h2-8,13-14H,9-12H2,1H3,(H,30,31). The monoisotopic (exact) mass is 432 g/mol. The molecule has 0 radical (unpaired) electrons. The van der Waals surface area contributed by atoms with Gasteiger partial charge in [-0.1, -0.05) is 18.2 Å². The molecule has 7 nitrogen and oxygen atoms in total. The van der Waals surface area contributed by atoms with Crippen molar-refractivity contribution in [1.29, 1.82) is 0 Å². The molecule has 0 bridgehead atoms. The van der Waals surface area contributed by atoms with Gasteiger partial charge in [0.25, 0.3) is 0 Å². The highest BCUT2D eigenvalue weighted by atomic mass is 19.1. The summed E-state index contributed by atoms with van der Waals surface area (Å²) in [4.78, 5) is 18.5. The molecule has 0 amide bonds. The number of hydrogen-bond acceptors (Lipinski definition) is 5. The van der Waals surface area contributed by atoms with E-state index in [1.807, 2.05) is 31.2 Å². The number of aromatic carboxylic acids is 1. The summed E-state index contributed by atoms with van der Waals surface area (Å²) in [6.07, 6.45) is 0. The van der Waals surface area contributed by atoms with E-state index in [2.05, 4.69) is 15.0 Å². The van der Waals surface area contributed by atoms with Crippen LogP contribution in [0.1, 0.15) is 16.2 Å². The minimum Gasteiger partial charge on any atom is -0.477 e. The fourth-order valence-corrected chi connectivity index (χ4v) is 4.08. The van der Waals surface area contributed by atoms with Crippen LogP contribution in [0.5, 0.6) is 0 Å². The second kappa shape index (κ2) is 8.05. The minimum atomic E-state index is -1.14. The van der Waals surface area contributed by atoms with E-state index in [1.54, 1.807) is 16.8 Å². The van der Waals surface area contributed by atoms with Gasteiger partial charge in [0, 0.05) is 29.7 Å². The lowest BCUT2D eigenvalue weighted by atomic mass is 10.0. The van der Waals surface area contributed by atoms with Crippen LogP contribution in [-0.4, -0.2) is 52.1 Å². The van der Waals surface area contributed by atoms with Crippen LogP contribution in [0.3, 0.4) is 0 Å². The highest BCUT2D eigenvalue weighted by molar-refractivity contribution is 6.00. The largest absolute Gasteiger partial charge is 0.477 e. The third-order valence-electron chi connectivity index (χ3n) is 5.63. The van der Waals surface area contributed by atoms with E-state index in [0.717, 1.165) is 29.7 Å². The normalized spacial score (nSPS) is 14.1. The maximum absolute atomic E-state index is 13.8. The Morgan fingerprint density at radius 2 is 1.81 bits per heavy atom. The molecule has 3 heterocycles. The summed E-state index contributed by atoms with van der Waals surface area (Å²) in [5.41, 5.74) is 4.07. The molecule has 1 N–H and O–H groups in total. The average Bonchev–Trinajstić information content (AvgIpc) is 3.16. The number of morpholine rings is 1. The van der Waals surface area contributed by atoms with Gasteiger partial charge in [-0.2, -0.15) is 5.10 Å². The number of hydrogen-bond donors (Lipinski definition) is 1. The van der Waals surface area contributed by atoms with Gasteiger partial charge in [0.15, 0.2) is 5.69 Å². The molecular formula is C24H21FN4O3. The van der Waals surface area contributed by atoms with Gasteiger partial charge in [-0.3, -0.25) is 0 Å². The number of nitrogens with zero attached hydrogens (tertiary/aromatic N) is 4. The van der Waals surface area contributed by atoms with Crippen LogP contribution in [0.25, 0.3) is 27.8 Å². The van der Waals surface area contributed by atoms with Crippen molar-refractivity contribution in [3.8, 4) is 16.9 Å². The zero-order valence-corrected chi connectivity index (χ0v) is 17.5. The van der Waals surface area contributed by atoms with Crippen LogP contribution in [0.15, 0.2) is 54.6 Å². The lowest BCUT2D eigenvalue weighted by Gasteiger charge is -2.28. The second-order valence-electron chi connectivity index (χ2n) is 7.68. The Morgan fingerprint density at radius 1 is 1.06 bits per heavy atom. The van der Waals surface area contributed by atoms with E-state index in [-0.39, 0.29) is 5.69 Å². The van der Waals surface area contributed by atoms with Crippen molar-refractivity contribution in [1.82, 2.24) is 14.8 Å². The zero-order valence-electron chi connectivity index (χ0n) is 17.5. The summed E-state index contributed by atoms with van der Waals surface area (Å²) in [6.45, 7) is 4.89. The Labute approximate surface area is 183 Å². The molecule has 1 fully saturated rings. The molecule has 8 heteroatoms. The summed E-state index contributed by atoms with van der Waals surface area (Å²) < 4.78 is 20.8. The predicted molar refractivity (Wildman–Crippen MR) is 119 cm³/mol. The van der Waals surface area contributed by atoms with Crippen LogP contribution >= 0.6 is 0 Å². The Kier molecular flexibility index (Phi) is 5.07. The fraction of sp³-hybridized carbons (Fsp3) is 0.208. The molecule has 0 saturated carbocycles. The van der Waals surface area contributed by atoms with E-state index < -0.39 is 11.8 Å². The number of ether oxygens (including phenoxy) is 1. The van der Waals surface area contributed by atoms with Crippen molar-refractivity contribution in [2.45, 2.75) is 6.92 Å². The number of benzene rings is 2. The van der Waals surface area contributed by atoms with Crippen molar-refractivity contribution >= 4 is 22.6 Å². The molecule has 162 valence electrons. The molecule has 2 aromatic heterocycles. The number of aromatic nitrogens is 3. The number of halogens is 1. The number of carbonyl (C=O) groups is 1. The van der Waals surface area contributed by atoms with E-state index >= 15 is 0 Å². The third-order valence-corrected chi connectivity index (χ3v) is 5.63. The SMILES string of the molecule is Cc1nn(-c2cccc(F)c2)c2cc(C(=O)O)nc(-c3ccc(N4CCOCC4)cc3)c12. The van der Waals surface area contributed by atoms with Gasteiger partial charge < -0.3 is 14.7 Å². The maximum atomic E-state index is 13.8. The molecule has 1 aliphatic rings. The first-order valence-corrected chi connectivity index (χ1v) is 10.3. The summed E-state index contributed by atoms with van der Waals surface area (Å²) >= 11 is 0. The lowest BCUT2D eigenvalue weighted by Crippen LogP contribution is -2.36. The highest BCUT2D eigenvalue weighted by Gasteiger charge is 2.20. The van der Waals surface area contributed by atoms with E-state index in [4.69, 9.17) is 4.74 Å². The molecule has 0 unspecified atom stereocenters. The first-order chi connectivity index (χ1) is 15.5. The van der Waals surface area contributed by atoms with Crippen molar-refractivity contribution < 1.29 is 19.0 Å². The summed E-state index contributed by atoms with van der Waals surface area (Å²) in [7, 11) is 0. The number of rotatable bonds is 4. The lowest BCUT2D eigenvalue weighted by molar-refractivity contribution is 0.0691. The molecule has 2 aromatic carbocycles. The zero-order chi connectivity index (χ0) is 22.2. The maximum Gasteiger partial charge on any atom is 0.354 e. The molecule has 4 aromatic rings. The average molecular weight is 432 g/mol. The molecule has 0 aliphatic carbocycles. The van der Waals surface area contributed by atoms with E-state index in [0.29, 0.717) is 35.8 Å². The third kappa shape index (κ3) is 3.58.